The minimum atomic E-state index is -0.309. The monoisotopic (exact) mass is 382 g/mol. The number of amides is 2. The lowest BCUT2D eigenvalue weighted by molar-refractivity contribution is -0.677. The molecule has 0 aliphatic heterocycles. The molecule has 2 rings (SSSR count). The number of nitrogens with one attached hydrogen (secondary N) is 1. The van der Waals surface area contributed by atoms with Gasteiger partial charge < -0.3 is 15.5 Å². The van der Waals surface area contributed by atoms with Crippen molar-refractivity contribution < 1.29 is 14.9 Å². The van der Waals surface area contributed by atoms with E-state index in [1.165, 1.54) is 10.5 Å². The molecule has 2 aromatic carbocycles. The maximum atomic E-state index is 12.6. The highest BCUT2D eigenvalue weighted by atomic mass is 16.2. The van der Waals surface area contributed by atoms with E-state index in [2.05, 4.69) is 48.6 Å². The standard InChI is InChI=1S/C23H31N3O2/c1-17-11-13-19(14-12-17)22(18-9-7-6-8-10-18)24-15-21(28)26(5)16-20(27)25-23(2,3)4/h6-14,22,24H,15-16H2,1-5H3,(H,25,27)/p+1/t22-/m0/s1. The van der Waals surface area contributed by atoms with E-state index < -0.39 is 0 Å². The van der Waals surface area contributed by atoms with Crippen LogP contribution in [0.5, 0.6) is 0 Å². The summed E-state index contributed by atoms with van der Waals surface area (Å²) in [7, 11) is 1.67. The van der Waals surface area contributed by atoms with Gasteiger partial charge in [0, 0.05) is 23.7 Å². The second kappa shape index (κ2) is 9.51. The molecule has 0 bridgehead atoms. The Morgan fingerprint density at radius 1 is 1.00 bits per heavy atom. The number of carbonyl (C=O) groups is 2. The summed E-state index contributed by atoms with van der Waals surface area (Å²) in [4.78, 5) is 26.1. The van der Waals surface area contributed by atoms with Crippen LogP contribution in [-0.2, 0) is 9.59 Å². The van der Waals surface area contributed by atoms with E-state index >= 15 is 0 Å². The first kappa shape index (κ1) is 21.6. The third-order valence-electron chi connectivity index (χ3n) is 4.44. The molecule has 0 spiro atoms. The highest BCUT2D eigenvalue weighted by Crippen LogP contribution is 2.18. The smallest absolute Gasteiger partial charge is 0.277 e. The van der Waals surface area contributed by atoms with E-state index in [9.17, 15) is 9.59 Å². The summed E-state index contributed by atoms with van der Waals surface area (Å²) in [5, 5.41) is 4.91. The van der Waals surface area contributed by atoms with Crippen molar-refractivity contribution in [1.29, 1.82) is 0 Å². The van der Waals surface area contributed by atoms with E-state index in [0.717, 1.165) is 11.1 Å². The van der Waals surface area contributed by atoms with Crippen molar-refractivity contribution in [2.45, 2.75) is 39.3 Å². The number of aryl methyl sites for hydroxylation is 1. The van der Waals surface area contributed by atoms with Gasteiger partial charge in [-0.05, 0) is 27.7 Å². The number of hydrogen-bond donors (Lipinski definition) is 2. The molecule has 0 heterocycles. The summed E-state index contributed by atoms with van der Waals surface area (Å²) < 4.78 is 0. The van der Waals surface area contributed by atoms with Gasteiger partial charge in [-0.1, -0.05) is 60.2 Å². The SMILES string of the molecule is Cc1ccc([C@@H]([NH2+]CC(=O)N(C)CC(=O)NC(C)(C)C)c2ccccc2)cc1. The molecule has 0 aromatic heterocycles. The quantitative estimate of drug-likeness (QED) is 0.769. The van der Waals surface area contributed by atoms with Gasteiger partial charge in [-0.15, -0.1) is 0 Å². The fourth-order valence-corrected chi connectivity index (χ4v) is 3.03. The largest absolute Gasteiger partial charge is 0.350 e. The minimum Gasteiger partial charge on any atom is -0.350 e. The molecule has 28 heavy (non-hydrogen) atoms. The average Bonchev–Trinajstić information content (AvgIpc) is 2.62. The number of likely N-dealkylation sites (N-methyl/N-ethyl adjacent to an activating group) is 1. The zero-order chi connectivity index (χ0) is 20.7. The van der Waals surface area contributed by atoms with Crippen LogP contribution in [0.25, 0.3) is 0 Å². The van der Waals surface area contributed by atoms with Gasteiger partial charge in [-0.25, -0.2) is 0 Å². The third-order valence-corrected chi connectivity index (χ3v) is 4.44. The number of nitrogens with zero attached hydrogens (tertiary/aromatic N) is 1. The summed E-state index contributed by atoms with van der Waals surface area (Å²) in [5.74, 6) is -0.224. The van der Waals surface area contributed by atoms with E-state index in [-0.39, 0.29) is 36.5 Å². The maximum Gasteiger partial charge on any atom is 0.277 e. The van der Waals surface area contributed by atoms with Crippen LogP contribution in [-0.4, -0.2) is 42.4 Å². The van der Waals surface area contributed by atoms with Gasteiger partial charge in [-0.2, -0.15) is 0 Å². The molecule has 0 radical (unpaired) electrons. The summed E-state index contributed by atoms with van der Waals surface area (Å²) in [6.07, 6.45) is 0. The molecule has 2 amide bonds. The van der Waals surface area contributed by atoms with Crippen molar-refractivity contribution in [1.82, 2.24) is 10.2 Å². The maximum absolute atomic E-state index is 12.6. The van der Waals surface area contributed by atoms with Crippen LogP contribution in [0.1, 0.15) is 43.5 Å². The molecule has 3 N–H and O–H groups in total. The third kappa shape index (κ3) is 6.82. The van der Waals surface area contributed by atoms with Gasteiger partial charge in [0.05, 0.1) is 6.54 Å². The minimum absolute atomic E-state index is 0.0301. The average molecular weight is 383 g/mol. The Morgan fingerprint density at radius 3 is 2.14 bits per heavy atom. The predicted molar refractivity (Wildman–Crippen MR) is 112 cm³/mol. The van der Waals surface area contributed by atoms with Crippen LogP contribution < -0.4 is 10.6 Å². The number of quaternary nitrogens is 1. The predicted octanol–water partition coefficient (Wildman–Crippen LogP) is 2.02. The first-order valence-corrected chi connectivity index (χ1v) is 9.65. The topological polar surface area (TPSA) is 66.0 Å². The molecular formula is C23H32N3O2+. The summed E-state index contributed by atoms with van der Waals surface area (Å²) >= 11 is 0. The molecule has 150 valence electrons. The Hall–Kier alpha value is -2.66. The highest BCUT2D eigenvalue weighted by molar-refractivity contribution is 5.85. The van der Waals surface area contributed by atoms with Crippen molar-refractivity contribution in [3.8, 4) is 0 Å². The van der Waals surface area contributed by atoms with Gasteiger partial charge in [0.1, 0.15) is 6.04 Å². The second-order valence-corrected chi connectivity index (χ2v) is 8.29. The van der Waals surface area contributed by atoms with Gasteiger partial charge in [0.25, 0.3) is 5.91 Å². The number of hydrogen-bond acceptors (Lipinski definition) is 2. The lowest BCUT2D eigenvalue weighted by Crippen LogP contribution is -2.87. The van der Waals surface area contributed by atoms with Crippen molar-refractivity contribution >= 4 is 11.8 Å². The number of rotatable bonds is 7. The fraction of sp³-hybridized carbons (Fsp3) is 0.391. The second-order valence-electron chi connectivity index (χ2n) is 8.29. The van der Waals surface area contributed by atoms with Crippen molar-refractivity contribution in [2.24, 2.45) is 0 Å². The van der Waals surface area contributed by atoms with Crippen molar-refractivity contribution in [3.05, 3.63) is 71.3 Å². The molecule has 5 nitrogen and oxygen atoms in total. The molecule has 0 aliphatic carbocycles. The Labute approximate surface area is 168 Å². The molecule has 0 aliphatic rings. The van der Waals surface area contributed by atoms with Crippen LogP contribution in [0, 0.1) is 6.92 Å². The molecular weight excluding hydrogens is 350 g/mol. The van der Waals surface area contributed by atoms with Crippen LogP contribution >= 0.6 is 0 Å². The normalized spacial score (nSPS) is 12.3. The van der Waals surface area contributed by atoms with Gasteiger partial charge in [-0.3, -0.25) is 9.59 Å². The Balaban J connectivity index is 2.03. The lowest BCUT2D eigenvalue weighted by Gasteiger charge is -2.23. The van der Waals surface area contributed by atoms with Crippen LogP contribution in [0.3, 0.4) is 0 Å². The number of benzene rings is 2. The number of nitrogens with two attached hydrogens (primary N) is 1. The Kier molecular flexibility index (Phi) is 7.35. The first-order chi connectivity index (χ1) is 13.2. The van der Waals surface area contributed by atoms with Crippen molar-refractivity contribution in [2.75, 3.05) is 20.1 Å². The molecule has 0 fully saturated rings. The number of carbonyl (C=O) groups excluding carboxylic acids is 2. The molecule has 0 saturated heterocycles. The zero-order valence-electron chi connectivity index (χ0n) is 17.5. The van der Waals surface area contributed by atoms with E-state index in [4.69, 9.17) is 0 Å². The van der Waals surface area contributed by atoms with E-state index in [1.807, 2.05) is 44.3 Å². The van der Waals surface area contributed by atoms with Crippen molar-refractivity contribution in [3.63, 3.8) is 0 Å². The lowest BCUT2D eigenvalue weighted by atomic mass is 9.98. The van der Waals surface area contributed by atoms with E-state index in [0.29, 0.717) is 0 Å². The van der Waals surface area contributed by atoms with Crippen LogP contribution in [0.15, 0.2) is 54.6 Å². The van der Waals surface area contributed by atoms with Gasteiger partial charge >= 0.3 is 0 Å². The van der Waals surface area contributed by atoms with E-state index in [1.54, 1.807) is 7.05 Å². The molecule has 5 heteroatoms. The zero-order valence-corrected chi connectivity index (χ0v) is 17.5. The summed E-state index contributed by atoms with van der Waals surface area (Å²) in [6.45, 7) is 8.16. The molecule has 2 aromatic rings. The molecule has 1 atom stereocenters. The van der Waals surface area contributed by atoms with Crippen LogP contribution in [0.4, 0.5) is 0 Å². The highest BCUT2D eigenvalue weighted by Gasteiger charge is 2.22. The molecule has 0 saturated carbocycles. The van der Waals surface area contributed by atoms with Gasteiger partial charge in [0.15, 0.2) is 6.54 Å². The first-order valence-electron chi connectivity index (χ1n) is 9.65. The Bertz CT molecular complexity index is 780. The molecule has 0 unspecified atom stereocenters. The van der Waals surface area contributed by atoms with Gasteiger partial charge in [0.2, 0.25) is 5.91 Å². The Morgan fingerprint density at radius 2 is 1.57 bits per heavy atom. The summed E-state index contributed by atoms with van der Waals surface area (Å²) in [5.41, 5.74) is 3.19. The summed E-state index contributed by atoms with van der Waals surface area (Å²) in [6, 6.07) is 18.6. The fourth-order valence-electron chi connectivity index (χ4n) is 3.03. The van der Waals surface area contributed by atoms with Crippen LogP contribution in [0.2, 0.25) is 0 Å².